The lowest BCUT2D eigenvalue weighted by molar-refractivity contribution is 0.741. The summed E-state index contributed by atoms with van der Waals surface area (Å²) in [6.07, 6.45) is 3.44. The average Bonchev–Trinajstić information content (AvgIpc) is 3.38. The summed E-state index contributed by atoms with van der Waals surface area (Å²) >= 11 is 0. The summed E-state index contributed by atoms with van der Waals surface area (Å²) in [4.78, 5) is 9.25. The largest absolute Gasteiger partial charge is 0.373 e. The van der Waals surface area contributed by atoms with Crippen molar-refractivity contribution in [2.45, 2.75) is 38.1 Å². The lowest BCUT2D eigenvalue weighted by atomic mass is 10.0. The van der Waals surface area contributed by atoms with E-state index in [2.05, 4.69) is 46.8 Å². The molecule has 1 heterocycles. The summed E-state index contributed by atoms with van der Waals surface area (Å²) < 4.78 is 0. The SMILES string of the molecule is CCC(Nc1cc(NC)nc(C2CC2)n1)c1ccccc1. The van der Waals surface area contributed by atoms with Gasteiger partial charge in [-0.1, -0.05) is 37.3 Å². The van der Waals surface area contributed by atoms with Crippen molar-refractivity contribution in [3.8, 4) is 0 Å². The normalized spacial score (nSPS) is 15.5. The van der Waals surface area contributed by atoms with E-state index in [0.717, 1.165) is 23.9 Å². The Morgan fingerprint density at radius 2 is 1.86 bits per heavy atom. The molecule has 21 heavy (non-hydrogen) atoms. The Labute approximate surface area is 126 Å². The van der Waals surface area contributed by atoms with Crippen LogP contribution < -0.4 is 10.6 Å². The van der Waals surface area contributed by atoms with Gasteiger partial charge in [0.2, 0.25) is 0 Å². The third-order valence-electron chi connectivity index (χ3n) is 3.87. The van der Waals surface area contributed by atoms with Crippen LogP contribution in [-0.4, -0.2) is 17.0 Å². The predicted molar refractivity (Wildman–Crippen MR) is 86.7 cm³/mol. The fourth-order valence-corrected chi connectivity index (χ4v) is 2.48. The number of hydrogen-bond acceptors (Lipinski definition) is 4. The molecule has 2 aromatic rings. The van der Waals surface area contributed by atoms with Crippen LogP contribution in [0.3, 0.4) is 0 Å². The van der Waals surface area contributed by atoms with Crippen molar-refractivity contribution >= 4 is 11.6 Å². The van der Waals surface area contributed by atoms with Gasteiger partial charge in [0, 0.05) is 19.0 Å². The van der Waals surface area contributed by atoms with Gasteiger partial charge in [0.15, 0.2) is 0 Å². The number of anilines is 2. The monoisotopic (exact) mass is 282 g/mol. The molecule has 1 aromatic heterocycles. The summed E-state index contributed by atoms with van der Waals surface area (Å²) in [6.45, 7) is 2.19. The van der Waals surface area contributed by atoms with Gasteiger partial charge in [-0.2, -0.15) is 0 Å². The van der Waals surface area contributed by atoms with Crippen LogP contribution >= 0.6 is 0 Å². The first-order valence-corrected chi connectivity index (χ1v) is 7.68. The van der Waals surface area contributed by atoms with Crippen LogP contribution in [0.25, 0.3) is 0 Å². The molecule has 1 atom stereocenters. The Kier molecular flexibility index (Phi) is 4.04. The molecule has 2 N–H and O–H groups in total. The fraction of sp³-hybridized carbons (Fsp3) is 0.412. The van der Waals surface area contributed by atoms with Crippen molar-refractivity contribution in [1.82, 2.24) is 9.97 Å². The number of aromatic nitrogens is 2. The maximum Gasteiger partial charge on any atom is 0.136 e. The first-order valence-electron chi connectivity index (χ1n) is 7.68. The highest BCUT2D eigenvalue weighted by Crippen LogP contribution is 2.39. The van der Waals surface area contributed by atoms with Gasteiger partial charge in [-0.15, -0.1) is 0 Å². The third kappa shape index (κ3) is 3.32. The van der Waals surface area contributed by atoms with E-state index in [4.69, 9.17) is 4.98 Å². The molecule has 110 valence electrons. The zero-order valence-corrected chi connectivity index (χ0v) is 12.6. The van der Waals surface area contributed by atoms with Gasteiger partial charge in [0.1, 0.15) is 17.5 Å². The summed E-state index contributed by atoms with van der Waals surface area (Å²) in [7, 11) is 1.90. The Hall–Kier alpha value is -2.10. The minimum absolute atomic E-state index is 0.276. The van der Waals surface area contributed by atoms with Crippen LogP contribution in [0.4, 0.5) is 11.6 Å². The lowest BCUT2D eigenvalue weighted by Gasteiger charge is -2.19. The highest BCUT2D eigenvalue weighted by atomic mass is 15.1. The molecular weight excluding hydrogens is 260 g/mol. The summed E-state index contributed by atoms with van der Waals surface area (Å²) in [5.74, 6) is 3.31. The highest BCUT2D eigenvalue weighted by Gasteiger charge is 2.27. The second kappa shape index (κ2) is 6.12. The molecule has 1 unspecified atom stereocenters. The first kappa shape index (κ1) is 13.9. The van der Waals surface area contributed by atoms with Gasteiger partial charge in [-0.25, -0.2) is 9.97 Å². The zero-order chi connectivity index (χ0) is 14.7. The van der Waals surface area contributed by atoms with Gasteiger partial charge >= 0.3 is 0 Å². The lowest BCUT2D eigenvalue weighted by Crippen LogP contribution is -2.12. The van der Waals surface area contributed by atoms with Gasteiger partial charge < -0.3 is 10.6 Å². The van der Waals surface area contributed by atoms with Crippen molar-refractivity contribution in [3.63, 3.8) is 0 Å². The second-order valence-corrected chi connectivity index (χ2v) is 5.54. The van der Waals surface area contributed by atoms with Crippen molar-refractivity contribution in [2.24, 2.45) is 0 Å². The number of benzene rings is 1. The Balaban J connectivity index is 1.84. The topological polar surface area (TPSA) is 49.8 Å². The molecule has 1 aliphatic rings. The first-order chi connectivity index (χ1) is 10.3. The minimum Gasteiger partial charge on any atom is -0.373 e. The van der Waals surface area contributed by atoms with Crippen LogP contribution in [0, 0.1) is 0 Å². The standard InChI is InChI=1S/C17H22N4/c1-3-14(12-7-5-4-6-8-12)19-16-11-15(18-2)20-17(21-16)13-9-10-13/h4-8,11,13-14H,3,9-10H2,1-2H3,(H2,18,19,20,21). The molecule has 1 aromatic carbocycles. The molecule has 1 aliphatic carbocycles. The van der Waals surface area contributed by atoms with E-state index in [-0.39, 0.29) is 6.04 Å². The Bertz CT molecular complexity index is 593. The molecular formula is C17H22N4. The van der Waals surface area contributed by atoms with Crippen LogP contribution in [0.5, 0.6) is 0 Å². The molecule has 3 rings (SSSR count). The van der Waals surface area contributed by atoms with Crippen molar-refractivity contribution in [2.75, 3.05) is 17.7 Å². The molecule has 4 nitrogen and oxygen atoms in total. The van der Waals surface area contributed by atoms with E-state index in [9.17, 15) is 0 Å². The van der Waals surface area contributed by atoms with Crippen molar-refractivity contribution < 1.29 is 0 Å². The number of nitrogens with one attached hydrogen (secondary N) is 2. The summed E-state index contributed by atoms with van der Waals surface area (Å²) in [5, 5.41) is 6.68. The van der Waals surface area contributed by atoms with Crippen LogP contribution in [-0.2, 0) is 0 Å². The molecule has 0 saturated heterocycles. The van der Waals surface area contributed by atoms with Gasteiger partial charge in [-0.3, -0.25) is 0 Å². The maximum absolute atomic E-state index is 4.69. The summed E-state index contributed by atoms with van der Waals surface area (Å²) in [6, 6.07) is 12.8. The predicted octanol–water partition coefficient (Wildman–Crippen LogP) is 3.96. The third-order valence-corrected chi connectivity index (χ3v) is 3.87. The maximum atomic E-state index is 4.69. The quantitative estimate of drug-likeness (QED) is 0.842. The molecule has 0 bridgehead atoms. The van der Waals surface area contributed by atoms with Gasteiger partial charge in [0.05, 0.1) is 6.04 Å². The van der Waals surface area contributed by atoms with Crippen LogP contribution in [0.15, 0.2) is 36.4 Å². The van der Waals surface area contributed by atoms with E-state index < -0.39 is 0 Å². The molecule has 1 fully saturated rings. The van der Waals surface area contributed by atoms with E-state index in [1.54, 1.807) is 0 Å². The summed E-state index contributed by atoms with van der Waals surface area (Å²) in [5.41, 5.74) is 1.29. The van der Waals surface area contributed by atoms with Crippen LogP contribution in [0.2, 0.25) is 0 Å². The highest BCUT2D eigenvalue weighted by molar-refractivity contribution is 5.49. The molecule has 0 radical (unpaired) electrons. The van der Waals surface area contributed by atoms with Gasteiger partial charge in [0.25, 0.3) is 0 Å². The number of nitrogens with zero attached hydrogens (tertiary/aromatic N) is 2. The molecule has 4 heteroatoms. The van der Waals surface area contributed by atoms with E-state index in [0.29, 0.717) is 5.92 Å². The smallest absolute Gasteiger partial charge is 0.136 e. The van der Waals surface area contributed by atoms with E-state index >= 15 is 0 Å². The Morgan fingerprint density at radius 3 is 2.48 bits per heavy atom. The molecule has 0 spiro atoms. The van der Waals surface area contributed by atoms with Crippen LogP contribution in [0.1, 0.15) is 49.5 Å². The van der Waals surface area contributed by atoms with Gasteiger partial charge in [-0.05, 0) is 24.8 Å². The average molecular weight is 282 g/mol. The Morgan fingerprint density at radius 1 is 1.14 bits per heavy atom. The number of hydrogen-bond donors (Lipinski definition) is 2. The minimum atomic E-state index is 0.276. The van der Waals surface area contributed by atoms with Crippen molar-refractivity contribution in [3.05, 3.63) is 47.8 Å². The fourth-order valence-electron chi connectivity index (χ4n) is 2.48. The van der Waals surface area contributed by atoms with E-state index in [1.165, 1.54) is 18.4 Å². The number of rotatable bonds is 6. The molecule has 0 amide bonds. The molecule has 0 aliphatic heterocycles. The molecule has 1 saturated carbocycles. The van der Waals surface area contributed by atoms with Crippen molar-refractivity contribution in [1.29, 1.82) is 0 Å². The second-order valence-electron chi connectivity index (χ2n) is 5.54. The zero-order valence-electron chi connectivity index (χ0n) is 12.6. The van der Waals surface area contributed by atoms with E-state index in [1.807, 2.05) is 19.2 Å².